The number of hydrogen-bond acceptors (Lipinski definition) is 3. The third kappa shape index (κ3) is 2.05. The highest BCUT2D eigenvalue weighted by molar-refractivity contribution is 7.08. The van der Waals surface area contributed by atoms with Crippen molar-refractivity contribution in [2.75, 3.05) is 0 Å². The SMILES string of the molecule is Cc1nccn1Cc1ccc2c(c1)-c1[nH]nc(-c3ccsc3)c1C2. The van der Waals surface area contributed by atoms with Crippen molar-refractivity contribution in [2.24, 2.45) is 0 Å². The van der Waals surface area contributed by atoms with Gasteiger partial charge in [-0.05, 0) is 35.6 Å². The third-order valence-corrected chi connectivity index (χ3v) is 5.43. The Kier molecular flexibility index (Phi) is 2.97. The number of aryl methyl sites for hydroxylation is 1. The summed E-state index contributed by atoms with van der Waals surface area (Å²) in [5.74, 6) is 1.04. The lowest BCUT2D eigenvalue weighted by atomic mass is 10.1. The van der Waals surface area contributed by atoms with Gasteiger partial charge in [0, 0.05) is 47.4 Å². The summed E-state index contributed by atoms with van der Waals surface area (Å²) in [4.78, 5) is 4.30. The molecular formula is C19H16N4S. The van der Waals surface area contributed by atoms with Gasteiger partial charge in [-0.1, -0.05) is 12.1 Å². The van der Waals surface area contributed by atoms with Crippen LogP contribution in [0.15, 0.2) is 47.4 Å². The summed E-state index contributed by atoms with van der Waals surface area (Å²) in [6.07, 6.45) is 4.83. The van der Waals surface area contributed by atoms with Crippen LogP contribution in [0.5, 0.6) is 0 Å². The first-order valence-corrected chi connectivity index (χ1v) is 8.93. The number of rotatable bonds is 3. The Balaban J connectivity index is 1.54. The number of benzene rings is 1. The standard InChI is InChI=1S/C19H16N4S/c1-12-20-5-6-23(12)10-13-2-3-14-9-17-18(15-4-7-24-11-15)21-22-19(17)16(14)8-13/h2-8,11H,9-10H2,1H3,(H,21,22). The number of H-pyrrole nitrogens is 1. The van der Waals surface area contributed by atoms with Gasteiger partial charge in [0.05, 0.1) is 11.4 Å². The fraction of sp³-hybridized carbons (Fsp3) is 0.158. The maximum atomic E-state index is 4.57. The Bertz CT molecular complexity index is 1020. The maximum Gasteiger partial charge on any atom is 0.105 e. The fourth-order valence-electron chi connectivity index (χ4n) is 3.46. The lowest BCUT2D eigenvalue weighted by molar-refractivity contribution is 0.761. The van der Waals surface area contributed by atoms with Crippen LogP contribution in [0.4, 0.5) is 0 Å². The predicted octanol–water partition coefficient (Wildman–Crippen LogP) is 4.26. The average Bonchev–Trinajstić information content (AvgIpc) is 3.33. The van der Waals surface area contributed by atoms with E-state index in [4.69, 9.17) is 0 Å². The Labute approximate surface area is 143 Å². The highest BCUT2D eigenvalue weighted by Crippen LogP contribution is 2.40. The second kappa shape index (κ2) is 5.18. The molecule has 1 aliphatic carbocycles. The van der Waals surface area contributed by atoms with Crippen molar-refractivity contribution in [3.63, 3.8) is 0 Å². The largest absolute Gasteiger partial charge is 0.331 e. The molecule has 5 rings (SSSR count). The fourth-order valence-corrected chi connectivity index (χ4v) is 4.11. The van der Waals surface area contributed by atoms with Crippen molar-refractivity contribution in [3.05, 3.63) is 69.9 Å². The molecule has 0 saturated carbocycles. The molecule has 5 heteroatoms. The molecule has 0 unspecified atom stereocenters. The van der Waals surface area contributed by atoms with Crippen LogP contribution in [0.2, 0.25) is 0 Å². The number of imidazole rings is 1. The summed E-state index contributed by atoms with van der Waals surface area (Å²) in [7, 11) is 0. The minimum atomic E-state index is 0.847. The van der Waals surface area contributed by atoms with Crippen LogP contribution in [0.3, 0.4) is 0 Å². The average molecular weight is 332 g/mol. The Morgan fingerprint density at radius 3 is 3.04 bits per heavy atom. The summed E-state index contributed by atoms with van der Waals surface area (Å²) in [6, 6.07) is 8.90. The lowest BCUT2D eigenvalue weighted by Gasteiger charge is -2.07. The van der Waals surface area contributed by atoms with Crippen LogP contribution < -0.4 is 0 Å². The van der Waals surface area contributed by atoms with Gasteiger partial charge < -0.3 is 4.57 Å². The van der Waals surface area contributed by atoms with Gasteiger partial charge in [-0.2, -0.15) is 16.4 Å². The second-order valence-corrected chi connectivity index (χ2v) is 6.99. The van der Waals surface area contributed by atoms with Crippen molar-refractivity contribution in [1.82, 2.24) is 19.7 Å². The van der Waals surface area contributed by atoms with E-state index in [-0.39, 0.29) is 0 Å². The van der Waals surface area contributed by atoms with E-state index in [1.807, 2.05) is 19.3 Å². The highest BCUT2D eigenvalue weighted by atomic mass is 32.1. The zero-order valence-corrected chi connectivity index (χ0v) is 14.1. The molecule has 3 aromatic heterocycles. The van der Waals surface area contributed by atoms with E-state index < -0.39 is 0 Å². The minimum absolute atomic E-state index is 0.847. The number of thiophene rings is 1. The van der Waals surface area contributed by atoms with Crippen molar-refractivity contribution < 1.29 is 0 Å². The van der Waals surface area contributed by atoms with Gasteiger partial charge in [-0.15, -0.1) is 0 Å². The van der Waals surface area contributed by atoms with E-state index in [0.717, 1.165) is 24.5 Å². The predicted molar refractivity (Wildman–Crippen MR) is 96.2 cm³/mol. The van der Waals surface area contributed by atoms with Crippen molar-refractivity contribution in [1.29, 1.82) is 0 Å². The summed E-state index contributed by atoms with van der Waals surface area (Å²) < 4.78 is 2.17. The van der Waals surface area contributed by atoms with Gasteiger partial charge in [0.2, 0.25) is 0 Å². The maximum absolute atomic E-state index is 4.57. The quantitative estimate of drug-likeness (QED) is 0.536. The summed E-state index contributed by atoms with van der Waals surface area (Å²) in [5.41, 5.74) is 8.74. The molecule has 0 aliphatic heterocycles. The van der Waals surface area contributed by atoms with Crippen molar-refractivity contribution in [3.8, 4) is 22.5 Å². The van der Waals surface area contributed by atoms with Crippen LogP contribution >= 0.6 is 11.3 Å². The van der Waals surface area contributed by atoms with Crippen LogP contribution in [-0.4, -0.2) is 19.7 Å². The van der Waals surface area contributed by atoms with Crippen molar-refractivity contribution in [2.45, 2.75) is 19.9 Å². The number of nitrogens with zero attached hydrogens (tertiary/aromatic N) is 3. The Morgan fingerprint density at radius 1 is 1.29 bits per heavy atom. The molecule has 0 spiro atoms. The zero-order valence-electron chi connectivity index (χ0n) is 13.3. The molecule has 0 bridgehead atoms. The molecule has 4 nitrogen and oxygen atoms in total. The molecule has 118 valence electrons. The lowest BCUT2D eigenvalue weighted by Crippen LogP contribution is -2.01. The number of aromatic nitrogens is 4. The van der Waals surface area contributed by atoms with E-state index in [0.29, 0.717) is 0 Å². The van der Waals surface area contributed by atoms with E-state index in [1.165, 1.54) is 33.5 Å². The first kappa shape index (κ1) is 13.7. The van der Waals surface area contributed by atoms with Gasteiger partial charge in [0.25, 0.3) is 0 Å². The van der Waals surface area contributed by atoms with Crippen LogP contribution in [0, 0.1) is 6.92 Å². The van der Waals surface area contributed by atoms with E-state index >= 15 is 0 Å². The summed E-state index contributed by atoms with van der Waals surface area (Å²) in [6.45, 7) is 2.88. The van der Waals surface area contributed by atoms with Gasteiger partial charge in [-0.3, -0.25) is 5.10 Å². The van der Waals surface area contributed by atoms with Gasteiger partial charge in [0.15, 0.2) is 0 Å². The van der Waals surface area contributed by atoms with Crippen molar-refractivity contribution >= 4 is 11.3 Å². The molecule has 0 atom stereocenters. The van der Waals surface area contributed by atoms with Gasteiger partial charge >= 0.3 is 0 Å². The molecule has 1 aromatic carbocycles. The summed E-state index contributed by atoms with van der Waals surface area (Å²) in [5, 5.41) is 12.1. The van der Waals surface area contributed by atoms with Gasteiger partial charge in [0.1, 0.15) is 5.82 Å². The Hall–Kier alpha value is -2.66. The summed E-state index contributed by atoms with van der Waals surface area (Å²) >= 11 is 1.71. The number of aromatic amines is 1. The topological polar surface area (TPSA) is 46.5 Å². The van der Waals surface area contributed by atoms with Crippen LogP contribution in [-0.2, 0) is 13.0 Å². The second-order valence-electron chi connectivity index (χ2n) is 6.21. The van der Waals surface area contributed by atoms with E-state index in [2.05, 4.69) is 54.8 Å². The van der Waals surface area contributed by atoms with E-state index in [9.17, 15) is 0 Å². The molecule has 4 aromatic rings. The van der Waals surface area contributed by atoms with E-state index in [1.54, 1.807) is 11.3 Å². The number of fused-ring (bicyclic) bond motifs is 3. The molecular weight excluding hydrogens is 316 g/mol. The molecule has 0 saturated heterocycles. The molecule has 24 heavy (non-hydrogen) atoms. The zero-order chi connectivity index (χ0) is 16.1. The third-order valence-electron chi connectivity index (χ3n) is 4.75. The normalized spacial score (nSPS) is 12.4. The molecule has 0 amide bonds. The monoisotopic (exact) mass is 332 g/mol. The molecule has 1 aliphatic rings. The first-order valence-electron chi connectivity index (χ1n) is 7.99. The van der Waals surface area contributed by atoms with Gasteiger partial charge in [-0.25, -0.2) is 4.98 Å². The number of hydrogen-bond donors (Lipinski definition) is 1. The molecule has 0 radical (unpaired) electrons. The molecule has 0 fully saturated rings. The molecule has 1 N–H and O–H groups in total. The highest BCUT2D eigenvalue weighted by Gasteiger charge is 2.25. The minimum Gasteiger partial charge on any atom is -0.331 e. The molecule has 3 heterocycles. The van der Waals surface area contributed by atoms with Crippen LogP contribution in [0.1, 0.15) is 22.5 Å². The smallest absolute Gasteiger partial charge is 0.105 e. The number of nitrogens with one attached hydrogen (secondary N) is 1. The first-order chi connectivity index (χ1) is 11.8. The van der Waals surface area contributed by atoms with Crippen LogP contribution in [0.25, 0.3) is 22.5 Å². The Morgan fingerprint density at radius 2 is 2.25 bits per heavy atom.